The first-order valence-corrected chi connectivity index (χ1v) is 5.06. The van der Waals surface area contributed by atoms with Gasteiger partial charge in [0.25, 0.3) is 0 Å². The standard InChI is InChI=1S/C10H20FN/c1-3-4-5-9-6-7-12(2)8-10(9)11/h9-10H,3-8H2,1-2H3/t9?,10-/m1/s1. The quantitative estimate of drug-likeness (QED) is 0.633. The van der Waals surface area contributed by atoms with Crippen molar-refractivity contribution in [3.8, 4) is 0 Å². The Morgan fingerprint density at radius 2 is 2.25 bits per heavy atom. The molecule has 0 bridgehead atoms. The maximum Gasteiger partial charge on any atom is 0.116 e. The van der Waals surface area contributed by atoms with Crippen molar-refractivity contribution in [2.45, 2.75) is 38.8 Å². The lowest BCUT2D eigenvalue weighted by Gasteiger charge is -2.32. The van der Waals surface area contributed by atoms with E-state index in [-0.39, 0.29) is 0 Å². The summed E-state index contributed by atoms with van der Waals surface area (Å²) >= 11 is 0. The normalized spacial score (nSPS) is 32.2. The van der Waals surface area contributed by atoms with E-state index in [1.807, 2.05) is 7.05 Å². The smallest absolute Gasteiger partial charge is 0.116 e. The molecular formula is C10H20FN. The van der Waals surface area contributed by atoms with Crippen LogP contribution in [-0.4, -0.2) is 31.2 Å². The van der Waals surface area contributed by atoms with Gasteiger partial charge < -0.3 is 4.90 Å². The van der Waals surface area contributed by atoms with Gasteiger partial charge in [-0.15, -0.1) is 0 Å². The third-order valence-corrected chi connectivity index (χ3v) is 2.81. The molecule has 1 fully saturated rings. The molecule has 72 valence electrons. The van der Waals surface area contributed by atoms with E-state index in [1.165, 1.54) is 12.8 Å². The van der Waals surface area contributed by atoms with Crippen LogP contribution in [0.4, 0.5) is 4.39 Å². The highest BCUT2D eigenvalue weighted by molar-refractivity contribution is 4.78. The molecule has 1 heterocycles. The molecule has 0 aliphatic carbocycles. The Kier molecular flexibility index (Phi) is 3.99. The van der Waals surface area contributed by atoms with Gasteiger partial charge in [0.2, 0.25) is 0 Å². The van der Waals surface area contributed by atoms with Gasteiger partial charge in [-0.2, -0.15) is 0 Å². The molecule has 1 unspecified atom stereocenters. The summed E-state index contributed by atoms with van der Waals surface area (Å²) in [4.78, 5) is 2.09. The van der Waals surface area contributed by atoms with Crippen molar-refractivity contribution in [1.82, 2.24) is 4.90 Å². The van der Waals surface area contributed by atoms with Crippen molar-refractivity contribution in [2.24, 2.45) is 5.92 Å². The molecule has 0 aromatic rings. The van der Waals surface area contributed by atoms with Crippen molar-refractivity contribution >= 4 is 0 Å². The third-order valence-electron chi connectivity index (χ3n) is 2.81. The van der Waals surface area contributed by atoms with Gasteiger partial charge in [0.15, 0.2) is 0 Å². The van der Waals surface area contributed by atoms with E-state index in [0.717, 1.165) is 19.4 Å². The highest BCUT2D eigenvalue weighted by atomic mass is 19.1. The fraction of sp³-hybridized carbons (Fsp3) is 1.00. The van der Waals surface area contributed by atoms with Gasteiger partial charge in [-0.1, -0.05) is 19.8 Å². The molecule has 2 heteroatoms. The summed E-state index contributed by atoms with van der Waals surface area (Å²) in [5, 5.41) is 0. The predicted octanol–water partition coefficient (Wildman–Crippen LogP) is 2.47. The number of hydrogen-bond donors (Lipinski definition) is 0. The number of piperidine rings is 1. The number of likely N-dealkylation sites (tertiary alicyclic amines) is 1. The first-order valence-electron chi connectivity index (χ1n) is 5.06. The number of rotatable bonds is 3. The molecule has 1 nitrogen and oxygen atoms in total. The van der Waals surface area contributed by atoms with Crippen molar-refractivity contribution in [1.29, 1.82) is 0 Å². The Morgan fingerprint density at radius 1 is 1.50 bits per heavy atom. The van der Waals surface area contributed by atoms with E-state index in [1.54, 1.807) is 0 Å². The summed E-state index contributed by atoms with van der Waals surface area (Å²) in [6.45, 7) is 3.89. The molecule has 1 rings (SSSR count). The van der Waals surface area contributed by atoms with E-state index in [2.05, 4.69) is 11.8 Å². The largest absolute Gasteiger partial charge is 0.303 e. The molecule has 1 aliphatic heterocycles. The number of hydrogen-bond acceptors (Lipinski definition) is 1. The second-order valence-electron chi connectivity index (χ2n) is 3.97. The second-order valence-corrected chi connectivity index (χ2v) is 3.97. The van der Waals surface area contributed by atoms with Gasteiger partial charge in [0, 0.05) is 6.54 Å². The van der Waals surface area contributed by atoms with Crippen molar-refractivity contribution < 1.29 is 4.39 Å². The number of halogens is 1. The van der Waals surface area contributed by atoms with Crippen LogP contribution in [0.1, 0.15) is 32.6 Å². The topological polar surface area (TPSA) is 3.24 Å². The average Bonchev–Trinajstić information content (AvgIpc) is 2.03. The van der Waals surface area contributed by atoms with Crippen molar-refractivity contribution in [3.63, 3.8) is 0 Å². The SMILES string of the molecule is CCCCC1CCN(C)C[C@H]1F. The molecule has 1 saturated heterocycles. The van der Waals surface area contributed by atoms with E-state index < -0.39 is 6.17 Å². The molecule has 1 aliphatic rings. The van der Waals surface area contributed by atoms with Crippen molar-refractivity contribution in [2.75, 3.05) is 20.1 Å². The lowest BCUT2D eigenvalue weighted by molar-refractivity contribution is 0.0958. The van der Waals surface area contributed by atoms with Gasteiger partial charge in [-0.25, -0.2) is 4.39 Å². The van der Waals surface area contributed by atoms with E-state index in [4.69, 9.17) is 0 Å². The minimum atomic E-state index is -0.574. The van der Waals surface area contributed by atoms with Crippen LogP contribution in [0.15, 0.2) is 0 Å². The summed E-state index contributed by atoms with van der Waals surface area (Å²) in [5.74, 6) is 0.348. The zero-order valence-electron chi connectivity index (χ0n) is 8.22. The highest BCUT2D eigenvalue weighted by Gasteiger charge is 2.26. The molecule has 0 aromatic carbocycles. The Hall–Kier alpha value is -0.110. The van der Waals surface area contributed by atoms with Crippen LogP contribution in [0.5, 0.6) is 0 Å². The molecule has 0 aromatic heterocycles. The summed E-state index contributed by atoms with van der Waals surface area (Å²) in [5.41, 5.74) is 0. The van der Waals surface area contributed by atoms with Crippen molar-refractivity contribution in [3.05, 3.63) is 0 Å². The van der Waals surface area contributed by atoms with Crippen LogP contribution in [0, 0.1) is 5.92 Å². The van der Waals surface area contributed by atoms with Crippen LogP contribution in [-0.2, 0) is 0 Å². The lowest BCUT2D eigenvalue weighted by atomic mass is 9.90. The molecular weight excluding hydrogens is 153 g/mol. The second kappa shape index (κ2) is 4.80. The van der Waals surface area contributed by atoms with Crippen LogP contribution >= 0.6 is 0 Å². The molecule has 12 heavy (non-hydrogen) atoms. The Bertz CT molecular complexity index is 125. The number of unbranched alkanes of at least 4 members (excludes halogenated alkanes) is 1. The van der Waals surface area contributed by atoms with Gasteiger partial charge in [0.1, 0.15) is 6.17 Å². The zero-order chi connectivity index (χ0) is 8.97. The fourth-order valence-electron chi connectivity index (χ4n) is 1.90. The van der Waals surface area contributed by atoms with Crippen LogP contribution in [0.25, 0.3) is 0 Å². The summed E-state index contributed by atoms with van der Waals surface area (Å²) in [7, 11) is 2.00. The van der Waals surface area contributed by atoms with E-state index >= 15 is 0 Å². The predicted molar refractivity (Wildman–Crippen MR) is 50.0 cm³/mol. The summed E-state index contributed by atoms with van der Waals surface area (Å²) in [6, 6.07) is 0. The maximum atomic E-state index is 13.4. The monoisotopic (exact) mass is 173 g/mol. The first-order chi connectivity index (χ1) is 5.74. The number of alkyl halides is 1. The Labute approximate surface area is 74.9 Å². The van der Waals surface area contributed by atoms with Gasteiger partial charge in [-0.3, -0.25) is 0 Å². The highest BCUT2D eigenvalue weighted by Crippen LogP contribution is 2.24. The molecule has 0 saturated carbocycles. The molecule has 0 N–H and O–H groups in total. The van der Waals surface area contributed by atoms with Crippen LogP contribution in [0.2, 0.25) is 0 Å². The first kappa shape index (κ1) is 9.97. The number of nitrogens with zero attached hydrogens (tertiary/aromatic N) is 1. The average molecular weight is 173 g/mol. The van der Waals surface area contributed by atoms with Gasteiger partial charge in [-0.05, 0) is 32.4 Å². The zero-order valence-corrected chi connectivity index (χ0v) is 8.22. The molecule has 2 atom stereocenters. The Balaban J connectivity index is 2.25. The van der Waals surface area contributed by atoms with Gasteiger partial charge >= 0.3 is 0 Å². The van der Waals surface area contributed by atoms with E-state index in [0.29, 0.717) is 12.5 Å². The molecule has 0 amide bonds. The van der Waals surface area contributed by atoms with Crippen LogP contribution in [0.3, 0.4) is 0 Å². The molecule has 0 spiro atoms. The summed E-state index contributed by atoms with van der Waals surface area (Å²) in [6.07, 6.45) is 3.95. The fourth-order valence-corrected chi connectivity index (χ4v) is 1.90. The van der Waals surface area contributed by atoms with Gasteiger partial charge in [0.05, 0.1) is 0 Å². The molecule has 0 radical (unpaired) electrons. The van der Waals surface area contributed by atoms with Crippen LogP contribution < -0.4 is 0 Å². The minimum Gasteiger partial charge on any atom is -0.303 e. The van der Waals surface area contributed by atoms with E-state index in [9.17, 15) is 4.39 Å². The lowest BCUT2D eigenvalue weighted by Crippen LogP contribution is -2.39. The summed E-state index contributed by atoms with van der Waals surface area (Å²) < 4.78 is 13.4. The minimum absolute atomic E-state index is 0.348. The Morgan fingerprint density at radius 3 is 2.83 bits per heavy atom. The third kappa shape index (κ3) is 2.74. The maximum absolute atomic E-state index is 13.4.